The maximum atomic E-state index is 12.9. The van der Waals surface area contributed by atoms with Gasteiger partial charge in [0.1, 0.15) is 5.60 Å². The van der Waals surface area contributed by atoms with E-state index in [1.807, 2.05) is 74.5 Å². The van der Waals surface area contributed by atoms with E-state index in [-0.39, 0.29) is 5.78 Å². The highest BCUT2D eigenvalue weighted by Crippen LogP contribution is 2.52. The first-order chi connectivity index (χ1) is 11.1. The molecular weight excluding hydrogens is 284 g/mol. The van der Waals surface area contributed by atoms with Crippen molar-refractivity contribution in [3.05, 3.63) is 77.4 Å². The summed E-state index contributed by atoms with van der Waals surface area (Å²) in [7, 11) is 0. The molecule has 2 heteroatoms. The molecule has 2 atom stereocenters. The summed E-state index contributed by atoms with van der Waals surface area (Å²) in [6, 6.07) is 19.4. The summed E-state index contributed by atoms with van der Waals surface area (Å²) in [5.74, 6) is -0.338. The van der Waals surface area contributed by atoms with Crippen LogP contribution in [0.15, 0.2) is 66.2 Å². The van der Waals surface area contributed by atoms with Crippen LogP contribution in [-0.2, 0) is 10.4 Å². The zero-order valence-electron chi connectivity index (χ0n) is 13.6. The Morgan fingerprint density at radius 2 is 1.52 bits per heavy atom. The zero-order valence-corrected chi connectivity index (χ0v) is 13.6. The fourth-order valence-corrected chi connectivity index (χ4v) is 3.80. The van der Waals surface area contributed by atoms with Crippen LogP contribution in [-0.4, -0.2) is 10.9 Å². The van der Waals surface area contributed by atoms with Crippen molar-refractivity contribution >= 4 is 11.4 Å². The number of carbonyl (C=O) groups excluding carboxylic acids is 1. The molecule has 118 valence electrons. The molecule has 23 heavy (non-hydrogen) atoms. The second kappa shape index (κ2) is 6.13. The maximum absolute atomic E-state index is 12.9. The van der Waals surface area contributed by atoms with Crippen molar-refractivity contribution in [1.82, 2.24) is 0 Å². The van der Waals surface area contributed by atoms with E-state index >= 15 is 0 Å². The SMILES string of the molecule is CCC1=C(c2ccccc2)[C@@](O)(c2ccccc2)[C@@H](CC)C1=O. The van der Waals surface area contributed by atoms with Crippen LogP contribution in [0, 0.1) is 5.92 Å². The van der Waals surface area contributed by atoms with Gasteiger partial charge in [0.25, 0.3) is 0 Å². The van der Waals surface area contributed by atoms with Crippen LogP contribution in [0.4, 0.5) is 0 Å². The third-order valence-electron chi connectivity index (χ3n) is 4.84. The highest BCUT2D eigenvalue weighted by atomic mass is 16.3. The first kappa shape index (κ1) is 15.7. The molecule has 0 fully saturated rings. The van der Waals surface area contributed by atoms with Crippen LogP contribution >= 0.6 is 0 Å². The molecular formula is C21H22O2. The summed E-state index contributed by atoms with van der Waals surface area (Å²) in [4.78, 5) is 12.9. The molecule has 0 spiro atoms. The Morgan fingerprint density at radius 1 is 0.957 bits per heavy atom. The maximum Gasteiger partial charge on any atom is 0.165 e. The molecule has 0 aliphatic heterocycles. The van der Waals surface area contributed by atoms with Crippen LogP contribution in [0.2, 0.25) is 0 Å². The first-order valence-corrected chi connectivity index (χ1v) is 8.25. The standard InChI is InChI=1S/C21H22O2/c1-3-17-19(15-11-7-5-8-12-15)21(23,18(4-2)20(17)22)16-13-9-6-10-14-16/h5-14,18,23H,3-4H2,1-2H3/t18-,21+/m0/s1. The summed E-state index contributed by atoms with van der Waals surface area (Å²) in [5.41, 5.74) is 2.01. The Bertz CT molecular complexity index is 731. The number of ketones is 1. The summed E-state index contributed by atoms with van der Waals surface area (Å²) >= 11 is 0. The van der Waals surface area contributed by atoms with E-state index in [9.17, 15) is 9.90 Å². The van der Waals surface area contributed by atoms with Gasteiger partial charge in [-0.05, 0) is 24.0 Å². The van der Waals surface area contributed by atoms with E-state index in [0.29, 0.717) is 12.8 Å². The summed E-state index contributed by atoms with van der Waals surface area (Å²) in [6.07, 6.45) is 1.25. The molecule has 0 unspecified atom stereocenters. The third kappa shape index (κ3) is 2.34. The lowest BCUT2D eigenvalue weighted by molar-refractivity contribution is -0.123. The largest absolute Gasteiger partial charge is 0.380 e. The number of hydrogen-bond acceptors (Lipinski definition) is 2. The Balaban J connectivity index is 2.29. The Hall–Kier alpha value is -2.19. The van der Waals surface area contributed by atoms with Crippen molar-refractivity contribution in [2.75, 3.05) is 0 Å². The second-order valence-electron chi connectivity index (χ2n) is 6.03. The molecule has 3 rings (SSSR count). The molecule has 2 nitrogen and oxygen atoms in total. The van der Waals surface area contributed by atoms with Crippen LogP contribution in [0.3, 0.4) is 0 Å². The number of benzene rings is 2. The monoisotopic (exact) mass is 306 g/mol. The smallest absolute Gasteiger partial charge is 0.165 e. The first-order valence-electron chi connectivity index (χ1n) is 8.25. The minimum atomic E-state index is -1.25. The molecule has 0 radical (unpaired) electrons. The van der Waals surface area contributed by atoms with Gasteiger partial charge in [-0.25, -0.2) is 0 Å². The van der Waals surface area contributed by atoms with Gasteiger partial charge in [-0.3, -0.25) is 4.79 Å². The quantitative estimate of drug-likeness (QED) is 0.912. The van der Waals surface area contributed by atoms with E-state index in [4.69, 9.17) is 0 Å². The predicted octanol–water partition coefficient (Wildman–Crippen LogP) is 4.35. The average molecular weight is 306 g/mol. The summed E-state index contributed by atoms with van der Waals surface area (Å²) in [5, 5.41) is 11.7. The highest BCUT2D eigenvalue weighted by Gasteiger charge is 2.52. The fourth-order valence-electron chi connectivity index (χ4n) is 3.80. The lowest BCUT2D eigenvalue weighted by Crippen LogP contribution is -2.35. The van der Waals surface area contributed by atoms with Gasteiger partial charge in [0.15, 0.2) is 5.78 Å². The third-order valence-corrected chi connectivity index (χ3v) is 4.84. The fraction of sp³-hybridized carbons (Fsp3) is 0.286. The van der Waals surface area contributed by atoms with Gasteiger partial charge in [0.2, 0.25) is 0 Å². The van der Waals surface area contributed by atoms with E-state index in [1.54, 1.807) is 0 Å². The molecule has 1 aliphatic carbocycles. The van der Waals surface area contributed by atoms with Crippen molar-refractivity contribution in [3.8, 4) is 0 Å². The van der Waals surface area contributed by atoms with Gasteiger partial charge in [0, 0.05) is 11.1 Å². The van der Waals surface area contributed by atoms with E-state index < -0.39 is 11.5 Å². The van der Waals surface area contributed by atoms with Crippen molar-refractivity contribution in [1.29, 1.82) is 0 Å². The summed E-state index contributed by atoms with van der Waals surface area (Å²) < 4.78 is 0. The van der Waals surface area contributed by atoms with E-state index in [2.05, 4.69) is 0 Å². The number of carbonyl (C=O) groups is 1. The van der Waals surface area contributed by atoms with E-state index in [1.165, 1.54) is 0 Å². The molecule has 0 heterocycles. The number of hydrogen-bond donors (Lipinski definition) is 1. The van der Waals surface area contributed by atoms with Gasteiger partial charge in [0.05, 0.1) is 5.92 Å². The average Bonchev–Trinajstić information content (AvgIpc) is 2.83. The van der Waals surface area contributed by atoms with E-state index in [0.717, 1.165) is 22.3 Å². The molecule has 0 bridgehead atoms. The van der Waals surface area contributed by atoms with Crippen LogP contribution in [0.5, 0.6) is 0 Å². The molecule has 1 N–H and O–H groups in total. The van der Waals surface area contributed by atoms with Gasteiger partial charge < -0.3 is 5.11 Å². The number of rotatable bonds is 4. The lowest BCUT2D eigenvalue weighted by atomic mass is 9.76. The highest BCUT2D eigenvalue weighted by molar-refractivity contribution is 6.11. The molecule has 0 saturated heterocycles. The van der Waals surface area contributed by atoms with Crippen LogP contribution in [0.25, 0.3) is 5.57 Å². The van der Waals surface area contributed by atoms with Gasteiger partial charge in [-0.1, -0.05) is 74.5 Å². The van der Waals surface area contributed by atoms with Crippen molar-refractivity contribution in [3.63, 3.8) is 0 Å². The lowest BCUT2D eigenvalue weighted by Gasteiger charge is -2.32. The Labute approximate surface area is 137 Å². The van der Waals surface area contributed by atoms with Crippen LogP contribution < -0.4 is 0 Å². The van der Waals surface area contributed by atoms with Crippen molar-refractivity contribution < 1.29 is 9.90 Å². The molecule has 0 saturated carbocycles. The predicted molar refractivity (Wildman–Crippen MR) is 92.8 cm³/mol. The minimum Gasteiger partial charge on any atom is -0.380 e. The van der Waals surface area contributed by atoms with Crippen LogP contribution in [0.1, 0.15) is 37.8 Å². The molecule has 2 aromatic carbocycles. The molecule has 2 aromatic rings. The zero-order chi connectivity index (χ0) is 16.4. The van der Waals surface area contributed by atoms with Crippen molar-refractivity contribution in [2.45, 2.75) is 32.3 Å². The second-order valence-corrected chi connectivity index (χ2v) is 6.03. The van der Waals surface area contributed by atoms with Gasteiger partial charge in [-0.15, -0.1) is 0 Å². The molecule has 0 aromatic heterocycles. The molecule has 1 aliphatic rings. The topological polar surface area (TPSA) is 37.3 Å². The van der Waals surface area contributed by atoms with Gasteiger partial charge >= 0.3 is 0 Å². The normalized spacial score (nSPS) is 24.3. The van der Waals surface area contributed by atoms with Gasteiger partial charge in [-0.2, -0.15) is 0 Å². The Kier molecular flexibility index (Phi) is 4.18. The number of aliphatic hydroxyl groups is 1. The number of Topliss-reactive ketones (excluding diaryl/α,β-unsaturated/α-hetero) is 1. The minimum absolute atomic E-state index is 0.0835. The van der Waals surface area contributed by atoms with Crippen molar-refractivity contribution in [2.24, 2.45) is 5.92 Å². The molecule has 0 amide bonds. The summed E-state index contributed by atoms with van der Waals surface area (Å²) in [6.45, 7) is 3.96. The Morgan fingerprint density at radius 3 is 2.04 bits per heavy atom. The number of allylic oxidation sites excluding steroid dienone is 1.